The van der Waals surface area contributed by atoms with Crippen molar-refractivity contribution in [2.45, 2.75) is 12.6 Å². The molecule has 2 amide bonds. The van der Waals surface area contributed by atoms with Gasteiger partial charge >= 0.3 is 6.18 Å². The van der Waals surface area contributed by atoms with E-state index in [9.17, 15) is 22.8 Å². The zero-order chi connectivity index (χ0) is 18.9. The highest BCUT2D eigenvalue weighted by molar-refractivity contribution is 9.10. The van der Waals surface area contributed by atoms with Gasteiger partial charge < -0.3 is 10.2 Å². The number of para-hydroxylation sites is 1. The number of nitrogens with one attached hydrogen (secondary N) is 1. The normalized spacial score (nSPS) is 17.5. The van der Waals surface area contributed by atoms with E-state index in [1.54, 1.807) is 24.3 Å². The lowest BCUT2D eigenvalue weighted by atomic mass is 10.1. The second-order valence-corrected chi connectivity index (χ2v) is 6.83. The van der Waals surface area contributed by atoms with Gasteiger partial charge in [0.1, 0.15) is 0 Å². The van der Waals surface area contributed by atoms with E-state index in [4.69, 9.17) is 0 Å². The van der Waals surface area contributed by atoms with Gasteiger partial charge in [-0.15, -0.1) is 0 Å². The van der Waals surface area contributed by atoms with Gasteiger partial charge in [0.2, 0.25) is 11.8 Å². The molecule has 0 saturated carbocycles. The molecule has 1 saturated heterocycles. The van der Waals surface area contributed by atoms with Crippen molar-refractivity contribution >= 4 is 39.1 Å². The number of hydrogen-bond acceptors (Lipinski definition) is 2. The number of anilines is 2. The van der Waals surface area contributed by atoms with Crippen molar-refractivity contribution in [2.24, 2.45) is 5.92 Å². The summed E-state index contributed by atoms with van der Waals surface area (Å²) in [6.45, 7) is 0.125. The molecule has 4 nitrogen and oxygen atoms in total. The third kappa shape index (κ3) is 3.90. The number of amides is 2. The fraction of sp³-hybridized carbons (Fsp3) is 0.222. The molecular weight excluding hydrogens is 413 g/mol. The smallest absolute Gasteiger partial charge is 0.325 e. The molecule has 0 bridgehead atoms. The maximum absolute atomic E-state index is 13.0. The van der Waals surface area contributed by atoms with E-state index in [-0.39, 0.29) is 24.6 Å². The van der Waals surface area contributed by atoms with Crippen LogP contribution >= 0.6 is 15.9 Å². The summed E-state index contributed by atoms with van der Waals surface area (Å²) in [6.07, 6.45) is -4.62. The van der Waals surface area contributed by atoms with Crippen molar-refractivity contribution in [3.05, 3.63) is 58.6 Å². The van der Waals surface area contributed by atoms with Gasteiger partial charge in [0.25, 0.3) is 0 Å². The summed E-state index contributed by atoms with van der Waals surface area (Å²) >= 11 is 3.30. The van der Waals surface area contributed by atoms with Crippen LogP contribution in [0.3, 0.4) is 0 Å². The zero-order valence-electron chi connectivity index (χ0n) is 13.4. The van der Waals surface area contributed by atoms with E-state index >= 15 is 0 Å². The maximum atomic E-state index is 13.0. The van der Waals surface area contributed by atoms with E-state index in [1.807, 2.05) is 0 Å². The lowest BCUT2D eigenvalue weighted by Gasteiger charge is -2.18. The fourth-order valence-corrected chi connectivity index (χ4v) is 3.09. The van der Waals surface area contributed by atoms with Gasteiger partial charge in [0, 0.05) is 23.1 Å². The first-order valence-electron chi connectivity index (χ1n) is 7.79. The Morgan fingerprint density at radius 3 is 2.42 bits per heavy atom. The quantitative estimate of drug-likeness (QED) is 0.787. The molecule has 0 aliphatic carbocycles. The number of carbonyl (C=O) groups excluding carboxylic acids is 2. The van der Waals surface area contributed by atoms with Crippen LogP contribution in [0.15, 0.2) is 53.0 Å². The Morgan fingerprint density at radius 2 is 1.77 bits per heavy atom. The number of rotatable bonds is 3. The molecule has 3 rings (SSSR count). The SMILES string of the molecule is O=C(Nc1ccccc1C(F)(F)F)C1CC(=O)N(c2ccc(Br)cc2)C1. The number of halogens is 4. The number of carbonyl (C=O) groups is 2. The summed E-state index contributed by atoms with van der Waals surface area (Å²) in [7, 11) is 0. The Hall–Kier alpha value is -2.35. The highest BCUT2D eigenvalue weighted by Crippen LogP contribution is 2.35. The van der Waals surface area contributed by atoms with Gasteiger partial charge in [0.05, 0.1) is 17.2 Å². The van der Waals surface area contributed by atoms with Gasteiger partial charge in [-0.3, -0.25) is 9.59 Å². The van der Waals surface area contributed by atoms with E-state index in [0.29, 0.717) is 5.69 Å². The highest BCUT2D eigenvalue weighted by Gasteiger charge is 2.37. The molecule has 136 valence electrons. The molecule has 1 heterocycles. The molecule has 2 aromatic rings. The maximum Gasteiger partial charge on any atom is 0.418 e. The van der Waals surface area contributed by atoms with Gasteiger partial charge in [-0.1, -0.05) is 28.1 Å². The average molecular weight is 427 g/mol. The van der Waals surface area contributed by atoms with Crippen LogP contribution in [0.5, 0.6) is 0 Å². The van der Waals surface area contributed by atoms with Crippen LogP contribution < -0.4 is 10.2 Å². The van der Waals surface area contributed by atoms with E-state index < -0.39 is 23.6 Å². The lowest BCUT2D eigenvalue weighted by molar-refractivity contribution is -0.137. The minimum atomic E-state index is -4.57. The molecule has 26 heavy (non-hydrogen) atoms. The van der Waals surface area contributed by atoms with Crippen LogP contribution in [-0.4, -0.2) is 18.4 Å². The molecule has 0 radical (unpaired) electrons. The first-order chi connectivity index (χ1) is 12.3. The van der Waals surface area contributed by atoms with Crippen molar-refractivity contribution in [3.63, 3.8) is 0 Å². The number of benzene rings is 2. The molecular formula is C18H14BrF3N2O2. The molecule has 1 fully saturated rings. The number of alkyl halides is 3. The number of hydrogen-bond donors (Lipinski definition) is 1. The number of nitrogens with zero attached hydrogens (tertiary/aromatic N) is 1. The molecule has 8 heteroatoms. The minimum absolute atomic E-state index is 0.0456. The second kappa shape index (κ2) is 7.11. The van der Waals surface area contributed by atoms with Crippen molar-refractivity contribution in [1.29, 1.82) is 0 Å². The Balaban J connectivity index is 1.74. The molecule has 2 aromatic carbocycles. The van der Waals surface area contributed by atoms with E-state index in [2.05, 4.69) is 21.2 Å². The van der Waals surface area contributed by atoms with Crippen LogP contribution in [0, 0.1) is 5.92 Å². The molecule has 1 aliphatic heterocycles. The van der Waals surface area contributed by atoms with Crippen LogP contribution in [0.4, 0.5) is 24.5 Å². The van der Waals surface area contributed by atoms with Gasteiger partial charge in [-0.2, -0.15) is 13.2 Å². The van der Waals surface area contributed by atoms with Crippen LogP contribution in [0.2, 0.25) is 0 Å². The highest BCUT2D eigenvalue weighted by atomic mass is 79.9. The van der Waals surface area contributed by atoms with Gasteiger partial charge in [0.15, 0.2) is 0 Å². The van der Waals surface area contributed by atoms with Crippen LogP contribution in [0.1, 0.15) is 12.0 Å². The standard InChI is InChI=1S/C18H14BrF3N2O2/c19-12-5-7-13(8-6-12)24-10-11(9-16(24)25)17(26)23-15-4-2-1-3-14(15)18(20,21)22/h1-8,11H,9-10H2,(H,23,26). The predicted octanol–water partition coefficient (Wildman–Crippen LogP) is 4.46. The third-order valence-corrected chi connectivity index (χ3v) is 4.65. The summed E-state index contributed by atoms with van der Waals surface area (Å²) in [6, 6.07) is 11.8. The predicted molar refractivity (Wildman–Crippen MR) is 94.7 cm³/mol. The average Bonchev–Trinajstić information content (AvgIpc) is 2.97. The monoisotopic (exact) mass is 426 g/mol. The Morgan fingerprint density at radius 1 is 1.12 bits per heavy atom. The third-order valence-electron chi connectivity index (χ3n) is 4.12. The first-order valence-corrected chi connectivity index (χ1v) is 8.58. The van der Waals surface area contributed by atoms with Crippen LogP contribution in [-0.2, 0) is 15.8 Å². The summed E-state index contributed by atoms with van der Waals surface area (Å²) in [5, 5.41) is 2.32. The van der Waals surface area contributed by atoms with E-state index in [1.165, 1.54) is 23.1 Å². The Bertz CT molecular complexity index is 837. The molecule has 1 atom stereocenters. The lowest BCUT2D eigenvalue weighted by Crippen LogP contribution is -2.28. The Labute approximate surface area is 156 Å². The molecule has 1 aliphatic rings. The molecule has 0 aromatic heterocycles. The second-order valence-electron chi connectivity index (χ2n) is 5.91. The molecule has 0 spiro atoms. The van der Waals surface area contributed by atoms with E-state index in [0.717, 1.165) is 10.5 Å². The fourth-order valence-electron chi connectivity index (χ4n) is 2.83. The topological polar surface area (TPSA) is 49.4 Å². The zero-order valence-corrected chi connectivity index (χ0v) is 15.0. The summed E-state index contributed by atoms with van der Waals surface area (Å²) in [5.74, 6) is -1.56. The molecule has 1 unspecified atom stereocenters. The largest absolute Gasteiger partial charge is 0.418 e. The van der Waals surface area contributed by atoms with Gasteiger partial charge in [-0.25, -0.2) is 0 Å². The van der Waals surface area contributed by atoms with Crippen molar-refractivity contribution in [3.8, 4) is 0 Å². The first kappa shape index (κ1) is 18.4. The summed E-state index contributed by atoms with van der Waals surface area (Å²) in [5.41, 5.74) is -0.578. The Kier molecular flexibility index (Phi) is 5.04. The van der Waals surface area contributed by atoms with Gasteiger partial charge in [-0.05, 0) is 36.4 Å². The van der Waals surface area contributed by atoms with Crippen LogP contribution in [0.25, 0.3) is 0 Å². The summed E-state index contributed by atoms with van der Waals surface area (Å²) < 4.78 is 40.0. The minimum Gasteiger partial charge on any atom is -0.325 e. The van der Waals surface area contributed by atoms with Crippen molar-refractivity contribution in [1.82, 2.24) is 0 Å². The van der Waals surface area contributed by atoms with Crippen molar-refractivity contribution < 1.29 is 22.8 Å². The van der Waals surface area contributed by atoms with Crippen molar-refractivity contribution in [2.75, 3.05) is 16.8 Å². The molecule has 1 N–H and O–H groups in total. The summed E-state index contributed by atoms with van der Waals surface area (Å²) in [4.78, 5) is 26.1.